The summed E-state index contributed by atoms with van der Waals surface area (Å²) in [6.07, 6.45) is 1.77. The first-order chi connectivity index (χ1) is 22.0. The Hall–Kier alpha value is -5.49. The molecule has 1 aromatic heterocycles. The molecule has 0 saturated heterocycles. The van der Waals surface area contributed by atoms with E-state index in [2.05, 4.69) is 40.6 Å². The van der Waals surface area contributed by atoms with Crippen LogP contribution in [0.1, 0.15) is 35.1 Å². The van der Waals surface area contributed by atoms with E-state index in [1.54, 1.807) is 21.3 Å². The highest BCUT2D eigenvalue weighted by molar-refractivity contribution is 5.58. The van der Waals surface area contributed by atoms with Crippen molar-refractivity contribution >= 4 is 17.6 Å². The lowest BCUT2D eigenvalue weighted by atomic mass is 9.97. The Morgan fingerprint density at radius 1 is 0.778 bits per heavy atom. The van der Waals surface area contributed by atoms with Gasteiger partial charge in [0.25, 0.3) is 0 Å². The number of ether oxygens (including phenoxy) is 3. The van der Waals surface area contributed by atoms with Gasteiger partial charge in [-0.05, 0) is 83.6 Å². The van der Waals surface area contributed by atoms with Gasteiger partial charge in [0.1, 0.15) is 17.2 Å². The van der Waals surface area contributed by atoms with Gasteiger partial charge in [-0.3, -0.25) is 0 Å². The lowest BCUT2D eigenvalue weighted by Gasteiger charge is -2.24. The zero-order valence-corrected chi connectivity index (χ0v) is 25.7. The molecule has 1 heterocycles. The average molecular weight is 601 g/mol. The van der Waals surface area contributed by atoms with Crippen LogP contribution in [-0.2, 0) is 25.0 Å². The van der Waals surface area contributed by atoms with Crippen LogP contribution in [0, 0.1) is 11.3 Å². The summed E-state index contributed by atoms with van der Waals surface area (Å²) >= 11 is 0. The predicted octanol–water partition coefficient (Wildman–Crippen LogP) is 6.86. The minimum Gasteiger partial charge on any atom is -0.497 e. The van der Waals surface area contributed by atoms with Crippen molar-refractivity contribution in [1.29, 1.82) is 5.26 Å². The maximum absolute atomic E-state index is 9.74. The average Bonchev–Trinajstić information content (AvgIpc) is 3.80. The summed E-state index contributed by atoms with van der Waals surface area (Å²) < 4.78 is 18.1. The van der Waals surface area contributed by atoms with Crippen LogP contribution in [0.2, 0.25) is 0 Å². The molecule has 0 radical (unpaired) electrons. The number of methoxy groups -OCH3 is 3. The number of hydrogen-bond acceptors (Lipinski definition) is 8. The van der Waals surface area contributed by atoms with Crippen LogP contribution in [0.4, 0.5) is 17.6 Å². The molecule has 0 aliphatic heterocycles. The third-order valence-corrected chi connectivity index (χ3v) is 8.13. The molecule has 1 aliphatic carbocycles. The second-order valence-corrected chi connectivity index (χ2v) is 11.2. The fraction of sp³-hybridized carbons (Fsp3) is 0.250. The van der Waals surface area contributed by atoms with E-state index < -0.39 is 0 Å². The van der Waals surface area contributed by atoms with Gasteiger partial charge in [0.05, 0.1) is 39.4 Å². The molecule has 4 aromatic carbocycles. The molecule has 228 valence electrons. The number of hydrogen-bond donors (Lipinski definition) is 1. The fourth-order valence-corrected chi connectivity index (χ4v) is 5.34. The van der Waals surface area contributed by atoms with Crippen LogP contribution < -0.4 is 24.4 Å². The molecular weight excluding hydrogens is 564 g/mol. The van der Waals surface area contributed by atoms with E-state index in [-0.39, 0.29) is 5.41 Å². The van der Waals surface area contributed by atoms with Gasteiger partial charge in [0, 0.05) is 18.8 Å². The molecule has 1 N–H and O–H groups in total. The minimum atomic E-state index is -0.377. The van der Waals surface area contributed by atoms with E-state index in [9.17, 15) is 5.26 Å². The number of nitriles is 1. The molecule has 0 bridgehead atoms. The zero-order valence-electron chi connectivity index (χ0n) is 25.7. The molecule has 1 saturated carbocycles. The number of benzene rings is 4. The van der Waals surface area contributed by atoms with Crippen LogP contribution in [0.25, 0.3) is 0 Å². The summed E-state index contributed by atoms with van der Waals surface area (Å²) in [5.74, 6) is 3.60. The Morgan fingerprint density at radius 3 is 1.80 bits per heavy atom. The summed E-state index contributed by atoms with van der Waals surface area (Å²) in [5.41, 5.74) is 4.77. The SMILES string of the molecule is COc1ccc(CN(Cc2ccc(OC)cc2)c2nc(Nc3cccc(C4(C#N)CC4)c3)nn2Cc2ccc(OC)cc2)cc1. The number of anilines is 3. The first-order valence-corrected chi connectivity index (χ1v) is 14.9. The van der Waals surface area contributed by atoms with Crippen molar-refractivity contribution in [2.75, 3.05) is 31.5 Å². The summed E-state index contributed by atoms with van der Waals surface area (Å²) in [7, 11) is 5.00. The fourth-order valence-electron chi connectivity index (χ4n) is 5.34. The Morgan fingerprint density at radius 2 is 1.31 bits per heavy atom. The maximum Gasteiger partial charge on any atom is 0.248 e. The van der Waals surface area contributed by atoms with Crippen LogP contribution in [0.5, 0.6) is 17.2 Å². The number of rotatable bonds is 13. The third kappa shape index (κ3) is 6.86. The highest BCUT2D eigenvalue weighted by atomic mass is 16.5. The molecule has 1 fully saturated rings. The summed E-state index contributed by atoms with van der Waals surface area (Å²) in [5, 5.41) is 18.1. The molecule has 0 atom stereocenters. The van der Waals surface area contributed by atoms with E-state index >= 15 is 0 Å². The molecule has 1 aliphatic rings. The summed E-state index contributed by atoms with van der Waals surface area (Å²) in [6, 6.07) is 34.6. The molecule has 0 unspecified atom stereocenters. The minimum absolute atomic E-state index is 0.377. The van der Waals surface area contributed by atoms with Crippen molar-refractivity contribution < 1.29 is 14.2 Å². The van der Waals surface area contributed by atoms with Crippen LogP contribution in [0.15, 0.2) is 97.1 Å². The Balaban J connectivity index is 1.37. The van der Waals surface area contributed by atoms with Gasteiger partial charge in [0.2, 0.25) is 11.9 Å². The quantitative estimate of drug-likeness (QED) is 0.157. The standard InChI is InChI=1S/C36H36N6O3/c1-43-31-13-7-26(8-14-31)22-41(23-27-9-15-32(44-2)16-10-27)35-39-34(40-42(35)24-28-11-17-33(45-3)18-12-28)38-30-6-4-5-29(21-30)36(25-37)19-20-36/h4-18,21H,19-20,22-24H2,1-3H3,(H,38,40). The largest absolute Gasteiger partial charge is 0.497 e. The van der Waals surface area contributed by atoms with Crippen molar-refractivity contribution in [3.05, 3.63) is 119 Å². The molecule has 6 rings (SSSR count). The highest BCUT2D eigenvalue weighted by Gasteiger charge is 2.44. The van der Waals surface area contributed by atoms with Gasteiger partial charge in [-0.15, -0.1) is 5.10 Å². The van der Waals surface area contributed by atoms with E-state index in [0.29, 0.717) is 31.5 Å². The Labute approximate surface area is 263 Å². The summed E-state index contributed by atoms with van der Waals surface area (Å²) in [4.78, 5) is 7.27. The van der Waals surface area contributed by atoms with Gasteiger partial charge < -0.3 is 24.4 Å². The predicted molar refractivity (Wildman–Crippen MR) is 174 cm³/mol. The number of nitrogens with one attached hydrogen (secondary N) is 1. The zero-order chi connectivity index (χ0) is 31.2. The lowest BCUT2D eigenvalue weighted by molar-refractivity contribution is 0.414. The van der Waals surface area contributed by atoms with Crippen molar-refractivity contribution in [2.45, 2.75) is 37.9 Å². The normalized spacial score (nSPS) is 13.0. The van der Waals surface area contributed by atoms with Crippen LogP contribution in [0.3, 0.4) is 0 Å². The second-order valence-electron chi connectivity index (χ2n) is 11.2. The van der Waals surface area contributed by atoms with Crippen molar-refractivity contribution in [3.63, 3.8) is 0 Å². The first kappa shape index (κ1) is 29.6. The molecular formula is C36H36N6O3. The van der Waals surface area contributed by atoms with Gasteiger partial charge in [-0.25, -0.2) is 4.68 Å². The van der Waals surface area contributed by atoms with Crippen molar-refractivity contribution in [3.8, 4) is 23.3 Å². The van der Waals surface area contributed by atoms with Gasteiger partial charge in [-0.1, -0.05) is 48.5 Å². The molecule has 5 aromatic rings. The Bertz CT molecular complexity index is 1720. The van der Waals surface area contributed by atoms with Gasteiger partial charge in [0.15, 0.2) is 0 Å². The number of aromatic nitrogens is 3. The second kappa shape index (κ2) is 13.0. The smallest absolute Gasteiger partial charge is 0.248 e. The first-order valence-electron chi connectivity index (χ1n) is 14.9. The van der Waals surface area contributed by atoms with Crippen molar-refractivity contribution in [2.24, 2.45) is 0 Å². The van der Waals surface area contributed by atoms with E-state index in [1.165, 1.54) is 0 Å². The Kier molecular flexibility index (Phi) is 8.56. The molecule has 9 nitrogen and oxygen atoms in total. The monoisotopic (exact) mass is 600 g/mol. The number of nitrogens with zero attached hydrogens (tertiary/aromatic N) is 5. The van der Waals surface area contributed by atoms with Gasteiger partial charge in [-0.2, -0.15) is 10.2 Å². The molecule has 45 heavy (non-hydrogen) atoms. The highest BCUT2D eigenvalue weighted by Crippen LogP contribution is 2.48. The van der Waals surface area contributed by atoms with Gasteiger partial charge >= 0.3 is 0 Å². The molecule has 0 amide bonds. The maximum atomic E-state index is 9.74. The van der Waals surface area contributed by atoms with Crippen LogP contribution in [-0.4, -0.2) is 36.1 Å². The third-order valence-electron chi connectivity index (χ3n) is 8.13. The van der Waals surface area contributed by atoms with Crippen LogP contribution >= 0.6 is 0 Å². The topological polar surface area (TPSA) is 97.5 Å². The van der Waals surface area contributed by atoms with E-state index in [1.807, 2.05) is 77.5 Å². The van der Waals surface area contributed by atoms with Crippen molar-refractivity contribution in [1.82, 2.24) is 14.8 Å². The van der Waals surface area contributed by atoms with E-state index in [4.69, 9.17) is 24.3 Å². The lowest BCUT2D eigenvalue weighted by Crippen LogP contribution is -2.26. The van der Waals surface area contributed by atoms with E-state index in [0.717, 1.165) is 58.0 Å². The molecule has 9 heteroatoms. The summed E-state index contributed by atoms with van der Waals surface area (Å²) in [6.45, 7) is 1.70. The molecule has 0 spiro atoms.